The highest BCUT2D eigenvalue weighted by molar-refractivity contribution is 5.82. The number of fused-ring (bicyclic) bond motifs is 2. The molecule has 0 saturated heterocycles. The van der Waals surface area contributed by atoms with Crippen molar-refractivity contribution in [1.82, 2.24) is 10.6 Å². The maximum Gasteiger partial charge on any atom is 0.225 e. The summed E-state index contributed by atoms with van der Waals surface area (Å²) in [6, 6.07) is 0.592. The number of carbonyl (C=O) groups is 2. The van der Waals surface area contributed by atoms with E-state index in [0.29, 0.717) is 36.9 Å². The molecule has 126 valence electrons. The summed E-state index contributed by atoms with van der Waals surface area (Å²) in [6.45, 7) is 6.02. The maximum absolute atomic E-state index is 12.2. The molecule has 22 heavy (non-hydrogen) atoms. The third kappa shape index (κ3) is 4.45. The molecule has 5 nitrogen and oxygen atoms in total. The van der Waals surface area contributed by atoms with E-state index in [4.69, 9.17) is 5.73 Å². The largest absolute Gasteiger partial charge is 0.355 e. The van der Waals surface area contributed by atoms with E-state index in [1.54, 1.807) is 0 Å². The van der Waals surface area contributed by atoms with Gasteiger partial charge in [-0.3, -0.25) is 9.59 Å². The molecule has 0 aromatic rings. The minimum absolute atomic E-state index is 0.0131. The van der Waals surface area contributed by atoms with Crippen molar-refractivity contribution in [2.75, 3.05) is 6.54 Å². The molecule has 2 atom stereocenters. The van der Waals surface area contributed by atoms with E-state index in [9.17, 15) is 9.59 Å². The second-order valence-electron chi connectivity index (χ2n) is 8.03. The number of hydrogen-bond donors (Lipinski definition) is 3. The van der Waals surface area contributed by atoms with Gasteiger partial charge in [-0.1, -0.05) is 27.2 Å². The Kier molecular flexibility index (Phi) is 5.48. The van der Waals surface area contributed by atoms with Crippen LogP contribution in [0.5, 0.6) is 0 Å². The first-order chi connectivity index (χ1) is 10.3. The quantitative estimate of drug-likeness (QED) is 0.737. The SMILES string of the molecule is CC(C)(C)C(=O)NCCC(=O)NC1C2CCCC1CC(N)C2. The number of nitrogens with two attached hydrogens (primary N) is 1. The van der Waals surface area contributed by atoms with Crippen LogP contribution in [0.4, 0.5) is 0 Å². The first kappa shape index (κ1) is 17.3. The van der Waals surface area contributed by atoms with Gasteiger partial charge in [0.25, 0.3) is 0 Å². The molecule has 2 amide bonds. The normalized spacial score (nSPS) is 31.5. The van der Waals surface area contributed by atoms with Crippen LogP contribution < -0.4 is 16.4 Å². The van der Waals surface area contributed by atoms with Crippen molar-refractivity contribution in [2.45, 2.75) is 71.4 Å². The lowest BCUT2D eigenvalue weighted by Crippen LogP contribution is -2.54. The van der Waals surface area contributed by atoms with E-state index in [0.717, 1.165) is 12.8 Å². The van der Waals surface area contributed by atoms with Gasteiger partial charge in [0, 0.05) is 30.5 Å². The highest BCUT2D eigenvalue weighted by Crippen LogP contribution is 2.39. The zero-order chi connectivity index (χ0) is 16.3. The summed E-state index contributed by atoms with van der Waals surface area (Å²) in [6.07, 6.45) is 6.02. The smallest absolute Gasteiger partial charge is 0.225 e. The van der Waals surface area contributed by atoms with Crippen molar-refractivity contribution in [3.8, 4) is 0 Å². The number of carbonyl (C=O) groups excluding carboxylic acids is 2. The second-order valence-corrected chi connectivity index (χ2v) is 8.03. The van der Waals surface area contributed by atoms with Gasteiger partial charge in [-0.05, 0) is 37.5 Å². The van der Waals surface area contributed by atoms with E-state index < -0.39 is 5.41 Å². The van der Waals surface area contributed by atoms with E-state index in [-0.39, 0.29) is 11.8 Å². The zero-order valence-electron chi connectivity index (χ0n) is 14.2. The van der Waals surface area contributed by atoms with Crippen LogP contribution >= 0.6 is 0 Å². The fourth-order valence-electron chi connectivity index (χ4n) is 3.84. The van der Waals surface area contributed by atoms with Gasteiger partial charge in [-0.15, -0.1) is 0 Å². The lowest BCUT2D eigenvalue weighted by atomic mass is 9.67. The second kappa shape index (κ2) is 6.99. The van der Waals surface area contributed by atoms with Crippen LogP contribution in [-0.4, -0.2) is 30.4 Å². The summed E-state index contributed by atoms with van der Waals surface area (Å²) >= 11 is 0. The molecular weight excluding hydrogens is 278 g/mol. The summed E-state index contributed by atoms with van der Waals surface area (Å²) in [7, 11) is 0. The molecule has 2 rings (SSSR count). The molecule has 0 aromatic carbocycles. The van der Waals surface area contributed by atoms with Gasteiger partial charge in [-0.2, -0.15) is 0 Å². The average molecular weight is 309 g/mol. The van der Waals surface area contributed by atoms with Gasteiger partial charge in [-0.25, -0.2) is 0 Å². The molecule has 0 aliphatic heterocycles. The van der Waals surface area contributed by atoms with Crippen LogP contribution in [0.1, 0.15) is 59.3 Å². The topological polar surface area (TPSA) is 84.2 Å². The van der Waals surface area contributed by atoms with Gasteiger partial charge < -0.3 is 16.4 Å². The van der Waals surface area contributed by atoms with Crippen LogP contribution in [0.2, 0.25) is 0 Å². The molecule has 0 spiro atoms. The lowest BCUT2D eigenvalue weighted by Gasteiger charge is -2.45. The van der Waals surface area contributed by atoms with Crippen LogP contribution in [0.25, 0.3) is 0 Å². The Balaban J connectivity index is 1.76. The predicted molar refractivity (Wildman–Crippen MR) is 87.1 cm³/mol. The third-order valence-electron chi connectivity index (χ3n) is 5.02. The molecule has 2 unspecified atom stereocenters. The lowest BCUT2D eigenvalue weighted by molar-refractivity contribution is -0.128. The Morgan fingerprint density at radius 1 is 1.14 bits per heavy atom. The van der Waals surface area contributed by atoms with Crippen molar-refractivity contribution in [3.63, 3.8) is 0 Å². The molecule has 2 aliphatic carbocycles. The standard InChI is InChI=1S/C17H31N3O2/c1-17(2,3)16(22)19-8-7-14(21)20-15-11-5-4-6-12(15)10-13(18)9-11/h11-13,15H,4-10,18H2,1-3H3,(H,19,22)(H,20,21). The number of hydrogen-bond acceptors (Lipinski definition) is 3. The minimum atomic E-state index is -0.410. The predicted octanol–water partition coefficient (Wildman–Crippen LogP) is 1.56. The van der Waals surface area contributed by atoms with E-state index in [1.165, 1.54) is 19.3 Å². The first-order valence-electron chi connectivity index (χ1n) is 8.60. The monoisotopic (exact) mass is 309 g/mol. The Hall–Kier alpha value is -1.10. The Labute approximate surface area is 133 Å². The van der Waals surface area contributed by atoms with Crippen molar-refractivity contribution >= 4 is 11.8 Å². The molecule has 0 heterocycles. The Morgan fingerprint density at radius 3 is 2.27 bits per heavy atom. The Bertz CT molecular complexity index is 403. The molecule has 0 radical (unpaired) electrons. The maximum atomic E-state index is 12.2. The summed E-state index contributed by atoms with van der Waals surface area (Å²) < 4.78 is 0. The fraction of sp³-hybridized carbons (Fsp3) is 0.882. The van der Waals surface area contributed by atoms with E-state index in [2.05, 4.69) is 10.6 Å². The minimum Gasteiger partial charge on any atom is -0.355 e. The highest BCUT2D eigenvalue weighted by atomic mass is 16.2. The molecule has 0 aromatic heterocycles. The third-order valence-corrected chi connectivity index (χ3v) is 5.02. The molecule has 2 fully saturated rings. The van der Waals surface area contributed by atoms with Gasteiger partial charge in [0.05, 0.1) is 0 Å². The van der Waals surface area contributed by atoms with Crippen LogP contribution in [0.3, 0.4) is 0 Å². The average Bonchev–Trinajstić information content (AvgIpc) is 2.38. The van der Waals surface area contributed by atoms with Crippen molar-refractivity contribution in [3.05, 3.63) is 0 Å². The van der Waals surface area contributed by atoms with Crippen LogP contribution in [0, 0.1) is 17.3 Å². The van der Waals surface area contributed by atoms with Gasteiger partial charge in [0.15, 0.2) is 0 Å². The molecule has 2 bridgehead atoms. The molecule has 2 saturated carbocycles. The van der Waals surface area contributed by atoms with Crippen molar-refractivity contribution in [1.29, 1.82) is 0 Å². The first-order valence-corrected chi connectivity index (χ1v) is 8.60. The highest BCUT2D eigenvalue weighted by Gasteiger charge is 2.39. The van der Waals surface area contributed by atoms with Gasteiger partial charge in [0.1, 0.15) is 0 Å². The zero-order valence-corrected chi connectivity index (χ0v) is 14.2. The van der Waals surface area contributed by atoms with Gasteiger partial charge in [0.2, 0.25) is 11.8 Å². The summed E-state index contributed by atoms with van der Waals surface area (Å²) in [5.41, 5.74) is 5.70. The van der Waals surface area contributed by atoms with Gasteiger partial charge >= 0.3 is 0 Å². The van der Waals surface area contributed by atoms with Crippen LogP contribution in [0.15, 0.2) is 0 Å². The number of amides is 2. The number of nitrogens with one attached hydrogen (secondary N) is 2. The summed E-state index contributed by atoms with van der Waals surface area (Å²) in [5.74, 6) is 1.11. The molecule has 5 heteroatoms. The molecule has 4 N–H and O–H groups in total. The summed E-state index contributed by atoms with van der Waals surface area (Å²) in [4.78, 5) is 23.9. The van der Waals surface area contributed by atoms with E-state index >= 15 is 0 Å². The molecular formula is C17H31N3O2. The Morgan fingerprint density at radius 2 is 1.73 bits per heavy atom. The summed E-state index contributed by atoms with van der Waals surface area (Å²) in [5, 5.41) is 6.04. The molecule has 2 aliphatic rings. The number of rotatable bonds is 4. The van der Waals surface area contributed by atoms with E-state index in [1.807, 2.05) is 20.8 Å². The van der Waals surface area contributed by atoms with Crippen molar-refractivity contribution < 1.29 is 9.59 Å². The van der Waals surface area contributed by atoms with Crippen molar-refractivity contribution in [2.24, 2.45) is 23.0 Å². The fourth-order valence-corrected chi connectivity index (χ4v) is 3.84. The van der Waals surface area contributed by atoms with Crippen LogP contribution in [-0.2, 0) is 9.59 Å².